The van der Waals surface area contributed by atoms with Crippen LogP contribution in [0.3, 0.4) is 0 Å². The van der Waals surface area contributed by atoms with Crippen LogP contribution in [0.4, 0.5) is 4.39 Å². The molecule has 6 nitrogen and oxygen atoms in total. The van der Waals surface area contributed by atoms with Crippen LogP contribution in [0.5, 0.6) is 0 Å². The Morgan fingerprint density at radius 2 is 2.07 bits per heavy atom. The van der Waals surface area contributed by atoms with Gasteiger partial charge >= 0.3 is 0 Å². The molecule has 27 heavy (non-hydrogen) atoms. The molecule has 0 bridgehead atoms. The third-order valence-electron chi connectivity index (χ3n) is 5.36. The number of carbonyl (C=O) groups excluding carboxylic acids is 1. The van der Waals surface area contributed by atoms with E-state index in [1.54, 1.807) is 4.90 Å². The lowest BCUT2D eigenvalue weighted by Gasteiger charge is -2.32. The van der Waals surface area contributed by atoms with Crippen LogP contribution in [0.2, 0.25) is 0 Å². The van der Waals surface area contributed by atoms with Crippen LogP contribution in [-0.2, 0) is 6.42 Å². The molecule has 1 aliphatic heterocycles. The number of benzene rings is 1. The molecule has 1 saturated heterocycles. The first-order valence-corrected chi connectivity index (χ1v) is 9.20. The van der Waals surface area contributed by atoms with Crippen LogP contribution in [0, 0.1) is 5.82 Å². The second-order valence-electron chi connectivity index (χ2n) is 6.97. The standard InChI is InChI=1S/C20H21FN4O2/c1-2-12-11-22-24-19(12)13-5-7-25(8-6-13)20(27)16-10-18(26)23-17-4-3-14(21)9-15(16)17/h3-4,9-11,13H,2,5-8H2,1H3,(H,22,24)(H,23,26). The maximum Gasteiger partial charge on any atom is 0.254 e. The topological polar surface area (TPSA) is 81.8 Å². The van der Waals surface area contributed by atoms with Crippen molar-refractivity contribution < 1.29 is 9.18 Å². The molecule has 1 fully saturated rings. The Morgan fingerprint density at radius 3 is 2.81 bits per heavy atom. The zero-order chi connectivity index (χ0) is 19.0. The number of aromatic nitrogens is 3. The summed E-state index contributed by atoms with van der Waals surface area (Å²) >= 11 is 0. The number of likely N-dealkylation sites (tertiary alicyclic amines) is 1. The van der Waals surface area contributed by atoms with Gasteiger partial charge in [-0.3, -0.25) is 14.7 Å². The summed E-state index contributed by atoms with van der Waals surface area (Å²) in [7, 11) is 0. The molecule has 0 spiro atoms. The number of nitrogens with one attached hydrogen (secondary N) is 2. The van der Waals surface area contributed by atoms with E-state index in [2.05, 4.69) is 22.1 Å². The minimum atomic E-state index is -0.436. The fraction of sp³-hybridized carbons (Fsp3) is 0.350. The molecule has 1 aromatic carbocycles. The predicted octanol–water partition coefficient (Wildman–Crippen LogP) is 2.97. The number of rotatable bonds is 3. The van der Waals surface area contributed by atoms with Gasteiger partial charge in [-0.1, -0.05) is 6.92 Å². The lowest BCUT2D eigenvalue weighted by molar-refractivity contribution is 0.0713. The fourth-order valence-corrected chi connectivity index (χ4v) is 3.90. The summed E-state index contributed by atoms with van der Waals surface area (Å²) in [5.74, 6) is -0.316. The number of pyridine rings is 1. The first-order valence-electron chi connectivity index (χ1n) is 9.20. The third-order valence-corrected chi connectivity index (χ3v) is 5.36. The Bertz CT molecular complexity index is 1050. The number of amides is 1. The van der Waals surface area contributed by atoms with E-state index < -0.39 is 5.82 Å². The molecule has 140 valence electrons. The maximum atomic E-state index is 13.7. The monoisotopic (exact) mass is 368 g/mol. The minimum Gasteiger partial charge on any atom is -0.339 e. The Labute approximate surface area is 155 Å². The first kappa shape index (κ1) is 17.5. The van der Waals surface area contributed by atoms with E-state index in [4.69, 9.17) is 0 Å². The Morgan fingerprint density at radius 1 is 1.30 bits per heavy atom. The summed E-state index contributed by atoms with van der Waals surface area (Å²) in [5.41, 5.74) is 2.73. The van der Waals surface area contributed by atoms with Crippen LogP contribution < -0.4 is 5.56 Å². The highest BCUT2D eigenvalue weighted by molar-refractivity contribution is 6.06. The van der Waals surface area contributed by atoms with Crippen molar-refractivity contribution in [1.29, 1.82) is 0 Å². The zero-order valence-electron chi connectivity index (χ0n) is 15.1. The molecular weight excluding hydrogens is 347 g/mol. The predicted molar refractivity (Wildman–Crippen MR) is 100 cm³/mol. The van der Waals surface area contributed by atoms with Gasteiger partial charge in [0.25, 0.3) is 5.91 Å². The van der Waals surface area contributed by atoms with Gasteiger partial charge < -0.3 is 9.88 Å². The van der Waals surface area contributed by atoms with Gasteiger partial charge in [0, 0.05) is 41.7 Å². The Kier molecular flexibility index (Phi) is 4.51. The molecule has 2 N–H and O–H groups in total. The van der Waals surface area contributed by atoms with Crippen molar-refractivity contribution in [2.45, 2.75) is 32.1 Å². The van der Waals surface area contributed by atoms with Gasteiger partial charge in [-0.15, -0.1) is 0 Å². The van der Waals surface area contributed by atoms with Crippen molar-refractivity contribution in [2.75, 3.05) is 13.1 Å². The van der Waals surface area contributed by atoms with Crippen molar-refractivity contribution in [3.8, 4) is 0 Å². The van der Waals surface area contributed by atoms with Gasteiger partial charge in [-0.25, -0.2) is 4.39 Å². The number of hydrogen-bond acceptors (Lipinski definition) is 3. The number of aryl methyl sites for hydroxylation is 1. The normalized spacial score (nSPS) is 15.4. The van der Waals surface area contributed by atoms with E-state index in [1.807, 2.05) is 6.20 Å². The first-order chi connectivity index (χ1) is 13.1. The van der Waals surface area contributed by atoms with Crippen LogP contribution in [0.15, 0.2) is 35.3 Å². The van der Waals surface area contributed by atoms with Crippen molar-refractivity contribution in [3.63, 3.8) is 0 Å². The number of hydrogen-bond donors (Lipinski definition) is 2. The molecule has 1 amide bonds. The molecule has 2 aromatic heterocycles. The van der Waals surface area contributed by atoms with Crippen molar-refractivity contribution in [2.24, 2.45) is 0 Å². The van der Waals surface area contributed by atoms with E-state index >= 15 is 0 Å². The number of carbonyl (C=O) groups is 1. The van der Waals surface area contributed by atoms with Gasteiger partial charge in [-0.2, -0.15) is 5.10 Å². The summed E-state index contributed by atoms with van der Waals surface area (Å²) < 4.78 is 13.7. The quantitative estimate of drug-likeness (QED) is 0.746. The van der Waals surface area contributed by atoms with Crippen LogP contribution >= 0.6 is 0 Å². The molecule has 0 aliphatic carbocycles. The Hall–Kier alpha value is -2.96. The largest absolute Gasteiger partial charge is 0.339 e. The van der Waals surface area contributed by atoms with E-state index in [-0.39, 0.29) is 17.0 Å². The summed E-state index contributed by atoms with van der Waals surface area (Å²) in [6, 6.07) is 5.32. The summed E-state index contributed by atoms with van der Waals surface area (Å²) in [4.78, 5) is 29.3. The molecule has 7 heteroatoms. The van der Waals surface area contributed by atoms with Crippen LogP contribution in [0.25, 0.3) is 10.9 Å². The maximum absolute atomic E-state index is 13.7. The molecule has 4 rings (SSSR count). The van der Waals surface area contributed by atoms with Crippen LogP contribution in [0.1, 0.15) is 47.3 Å². The molecule has 3 aromatic rings. The fourth-order valence-electron chi connectivity index (χ4n) is 3.90. The van der Waals surface area contributed by atoms with Crippen molar-refractivity contribution in [3.05, 3.63) is 63.5 Å². The lowest BCUT2D eigenvalue weighted by atomic mass is 9.90. The molecular formula is C20H21FN4O2. The summed E-state index contributed by atoms with van der Waals surface area (Å²) in [6.07, 6.45) is 4.45. The number of halogens is 1. The van der Waals surface area contributed by atoms with Gasteiger partial charge in [0.1, 0.15) is 5.82 Å². The number of nitrogens with zero attached hydrogens (tertiary/aromatic N) is 2. The smallest absolute Gasteiger partial charge is 0.254 e. The number of H-pyrrole nitrogens is 2. The highest BCUT2D eigenvalue weighted by atomic mass is 19.1. The second kappa shape index (κ2) is 6.98. The van der Waals surface area contributed by atoms with Gasteiger partial charge in [-0.05, 0) is 43.0 Å². The average molecular weight is 368 g/mol. The highest BCUT2D eigenvalue weighted by Gasteiger charge is 2.27. The lowest BCUT2D eigenvalue weighted by Crippen LogP contribution is -2.38. The zero-order valence-corrected chi connectivity index (χ0v) is 15.1. The molecule has 0 atom stereocenters. The van der Waals surface area contributed by atoms with Crippen molar-refractivity contribution >= 4 is 16.8 Å². The van der Waals surface area contributed by atoms with E-state index in [1.165, 1.54) is 29.8 Å². The summed E-state index contributed by atoms with van der Waals surface area (Å²) in [6.45, 7) is 3.29. The molecule has 0 radical (unpaired) electrons. The molecule has 1 aliphatic rings. The van der Waals surface area contributed by atoms with Gasteiger partial charge in [0.2, 0.25) is 5.56 Å². The van der Waals surface area contributed by atoms with Crippen LogP contribution in [-0.4, -0.2) is 39.1 Å². The average Bonchev–Trinajstić information content (AvgIpc) is 3.16. The Balaban J connectivity index is 1.57. The van der Waals surface area contributed by atoms with Gasteiger partial charge in [0.05, 0.1) is 11.8 Å². The number of aromatic amines is 2. The van der Waals surface area contributed by atoms with E-state index in [0.29, 0.717) is 29.9 Å². The SMILES string of the molecule is CCc1cn[nH]c1C1CCN(C(=O)c2cc(=O)[nH]c3ccc(F)cc23)CC1. The number of piperidine rings is 1. The third kappa shape index (κ3) is 3.25. The number of fused-ring (bicyclic) bond motifs is 1. The molecule has 0 unspecified atom stereocenters. The highest BCUT2D eigenvalue weighted by Crippen LogP contribution is 2.30. The van der Waals surface area contributed by atoms with Gasteiger partial charge in [0.15, 0.2) is 0 Å². The second-order valence-corrected chi connectivity index (χ2v) is 6.97. The molecule has 3 heterocycles. The van der Waals surface area contributed by atoms with E-state index in [9.17, 15) is 14.0 Å². The minimum absolute atomic E-state index is 0.226. The summed E-state index contributed by atoms with van der Waals surface area (Å²) in [5, 5.41) is 7.68. The van der Waals surface area contributed by atoms with Crippen molar-refractivity contribution in [1.82, 2.24) is 20.1 Å². The van der Waals surface area contributed by atoms with E-state index in [0.717, 1.165) is 25.0 Å². The molecule has 0 saturated carbocycles.